The van der Waals surface area contributed by atoms with E-state index in [0.717, 1.165) is 17.3 Å². The van der Waals surface area contributed by atoms with Crippen LogP contribution in [0.2, 0.25) is 0 Å². The van der Waals surface area contributed by atoms with Gasteiger partial charge in [0.05, 0.1) is 11.6 Å². The van der Waals surface area contributed by atoms with Crippen LogP contribution in [0.3, 0.4) is 0 Å². The molecule has 2 rings (SSSR count). The number of hydrogen-bond acceptors (Lipinski definition) is 4. The van der Waals surface area contributed by atoms with E-state index < -0.39 is 0 Å². The third-order valence-corrected chi connectivity index (χ3v) is 2.53. The van der Waals surface area contributed by atoms with Gasteiger partial charge in [0.1, 0.15) is 11.5 Å². The average Bonchev–Trinajstić information content (AvgIpc) is 2.04. The van der Waals surface area contributed by atoms with Gasteiger partial charge in [0.2, 0.25) is 0 Å². The van der Waals surface area contributed by atoms with Crippen molar-refractivity contribution in [3.05, 3.63) is 21.9 Å². The zero-order valence-corrected chi connectivity index (χ0v) is 7.49. The van der Waals surface area contributed by atoms with Gasteiger partial charge < -0.3 is 10.3 Å². The SMILES string of the molecule is Cc1nc2c(c(=O)[nH]1)NCSC2. The molecule has 0 fully saturated rings. The first-order valence-electron chi connectivity index (χ1n) is 3.69. The minimum Gasteiger partial charge on any atom is -0.370 e. The largest absolute Gasteiger partial charge is 0.370 e. The lowest BCUT2D eigenvalue weighted by atomic mass is 10.3. The number of fused-ring (bicyclic) bond motifs is 1. The number of aromatic nitrogens is 2. The zero-order valence-electron chi connectivity index (χ0n) is 6.68. The van der Waals surface area contributed by atoms with Crippen LogP contribution in [0.15, 0.2) is 4.79 Å². The summed E-state index contributed by atoms with van der Waals surface area (Å²) in [6.45, 7) is 1.79. The lowest BCUT2D eigenvalue weighted by molar-refractivity contribution is 0.969. The third-order valence-electron chi connectivity index (χ3n) is 1.70. The molecule has 5 heteroatoms. The highest BCUT2D eigenvalue weighted by Crippen LogP contribution is 2.20. The predicted octanol–water partition coefficient (Wildman–Crippen LogP) is 0.695. The number of nitrogens with one attached hydrogen (secondary N) is 2. The quantitative estimate of drug-likeness (QED) is 0.621. The molecule has 64 valence electrons. The summed E-state index contributed by atoms with van der Waals surface area (Å²) in [5.41, 5.74) is 1.45. The molecule has 2 N–H and O–H groups in total. The summed E-state index contributed by atoms with van der Waals surface area (Å²) in [5, 5.41) is 3.01. The van der Waals surface area contributed by atoms with Gasteiger partial charge in [-0.05, 0) is 6.92 Å². The number of aromatic amines is 1. The van der Waals surface area contributed by atoms with Gasteiger partial charge in [-0.15, -0.1) is 11.8 Å². The molecule has 2 heterocycles. The highest BCUT2D eigenvalue weighted by Gasteiger charge is 2.13. The molecule has 0 bridgehead atoms. The summed E-state index contributed by atoms with van der Waals surface area (Å²) >= 11 is 1.73. The molecule has 1 aromatic rings. The highest BCUT2D eigenvalue weighted by atomic mass is 32.2. The van der Waals surface area contributed by atoms with E-state index in [4.69, 9.17) is 0 Å². The summed E-state index contributed by atoms with van der Waals surface area (Å²) in [6.07, 6.45) is 0. The van der Waals surface area contributed by atoms with Gasteiger partial charge in [0.15, 0.2) is 0 Å². The van der Waals surface area contributed by atoms with Gasteiger partial charge >= 0.3 is 0 Å². The molecule has 0 aromatic carbocycles. The van der Waals surface area contributed by atoms with Crippen molar-refractivity contribution in [3.63, 3.8) is 0 Å². The highest BCUT2D eigenvalue weighted by molar-refractivity contribution is 7.98. The van der Waals surface area contributed by atoms with Crippen molar-refractivity contribution in [2.45, 2.75) is 12.7 Å². The Bertz CT molecular complexity index is 360. The van der Waals surface area contributed by atoms with Crippen molar-refractivity contribution < 1.29 is 0 Å². The van der Waals surface area contributed by atoms with Crippen molar-refractivity contribution in [2.24, 2.45) is 0 Å². The van der Waals surface area contributed by atoms with E-state index in [2.05, 4.69) is 15.3 Å². The van der Waals surface area contributed by atoms with E-state index in [-0.39, 0.29) is 5.56 Å². The van der Waals surface area contributed by atoms with E-state index in [0.29, 0.717) is 11.5 Å². The number of aryl methyl sites for hydroxylation is 1. The lowest BCUT2D eigenvalue weighted by Gasteiger charge is -2.15. The molecule has 0 saturated carbocycles. The average molecular weight is 183 g/mol. The van der Waals surface area contributed by atoms with Crippen molar-refractivity contribution in [1.82, 2.24) is 9.97 Å². The Hall–Kier alpha value is -0.970. The van der Waals surface area contributed by atoms with Crippen molar-refractivity contribution >= 4 is 17.4 Å². The second-order valence-electron chi connectivity index (χ2n) is 2.64. The van der Waals surface area contributed by atoms with Gasteiger partial charge in [0, 0.05) is 5.75 Å². The van der Waals surface area contributed by atoms with Crippen molar-refractivity contribution in [3.8, 4) is 0 Å². The Labute approximate surface area is 73.8 Å². The number of rotatable bonds is 0. The van der Waals surface area contributed by atoms with Gasteiger partial charge in [-0.25, -0.2) is 4.98 Å². The fourth-order valence-electron chi connectivity index (χ4n) is 1.20. The monoisotopic (exact) mass is 183 g/mol. The molecule has 0 spiro atoms. The smallest absolute Gasteiger partial charge is 0.274 e. The molecular formula is C7H9N3OS. The van der Waals surface area contributed by atoms with E-state index in [9.17, 15) is 4.79 Å². The van der Waals surface area contributed by atoms with Gasteiger partial charge in [-0.2, -0.15) is 0 Å². The van der Waals surface area contributed by atoms with Crippen LogP contribution in [0.4, 0.5) is 5.69 Å². The molecule has 0 radical (unpaired) electrons. The molecular weight excluding hydrogens is 174 g/mol. The van der Waals surface area contributed by atoms with E-state index in [1.807, 2.05) is 0 Å². The van der Waals surface area contributed by atoms with E-state index in [1.54, 1.807) is 18.7 Å². The number of nitrogens with zero attached hydrogens (tertiary/aromatic N) is 1. The first-order chi connectivity index (χ1) is 5.77. The van der Waals surface area contributed by atoms with Crippen LogP contribution in [0.5, 0.6) is 0 Å². The van der Waals surface area contributed by atoms with Crippen LogP contribution < -0.4 is 10.9 Å². The lowest BCUT2D eigenvalue weighted by Crippen LogP contribution is -2.22. The van der Waals surface area contributed by atoms with Gasteiger partial charge in [-0.3, -0.25) is 4.79 Å². The van der Waals surface area contributed by atoms with Crippen molar-refractivity contribution in [1.29, 1.82) is 0 Å². The molecule has 4 nitrogen and oxygen atoms in total. The Balaban J connectivity index is 2.60. The first kappa shape index (κ1) is 7.67. The summed E-state index contributed by atoms with van der Waals surface area (Å²) in [6, 6.07) is 0. The number of anilines is 1. The normalized spacial score (nSPS) is 15.1. The van der Waals surface area contributed by atoms with Crippen molar-refractivity contribution in [2.75, 3.05) is 11.2 Å². The zero-order chi connectivity index (χ0) is 8.55. The maximum absolute atomic E-state index is 11.3. The van der Waals surface area contributed by atoms with Crippen LogP contribution in [0.25, 0.3) is 0 Å². The Kier molecular flexibility index (Phi) is 1.80. The molecule has 12 heavy (non-hydrogen) atoms. The number of hydrogen-bond donors (Lipinski definition) is 2. The van der Waals surface area contributed by atoms with Crippen LogP contribution in [-0.2, 0) is 5.75 Å². The summed E-state index contributed by atoms with van der Waals surface area (Å²) in [4.78, 5) is 18.2. The fourth-order valence-corrected chi connectivity index (χ4v) is 1.95. The molecule has 0 aliphatic carbocycles. The fraction of sp³-hybridized carbons (Fsp3) is 0.429. The summed E-state index contributed by atoms with van der Waals surface area (Å²) in [5.74, 6) is 2.30. The minimum atomic E-state index is -0.0576. The summed E-state index contributed by atoms with van der Waals surface area (Å²) < 4.78 is 0. The minimum absolute atomic E-state index is 0.0576. The predicted molar refractivity (Wildman–Crippen MR) is 49.4 cm³/mol. The Morgan fingerprint density at radius 1 is 1.58 bits per heavy atom. The second kappa shape index (κ2) is 2.82. The van der Waals surface area contributed by atoms with E-state index in [1.165, 1.54) is 0 Å². The van der Waals surface area contributed by atoms with Gasteiger partial charge in [-0.1, -0.05) is 0 Å². The molecule has 1 aliphatic rings. The standard InChI is InChI=1S/C7H9N3OS/c1-4-9-5-2-12-3-8-6(5)7(11)10-4/h8H,2-3H2,1H3,(H,9,10,11). The van der Waals surface area contributed by atoms with Crippen LogP contribution >= 0.6 is 11.8 Å². The molecule has 0 amide bonds. The van der Waals surface area contributed by atoms with Crippen LogP contribution in [-0.4, -0.2) is 15.8 Å². The maximum atomic E-state index is 11.3. The van der Waals surface area contributed by atoms with Gasteiger partial charge in [0.25, 0.3) is 5.56 Å². The molecule has 0 atom stereocenters. The second-order valence-corrected chi connectivity index (χ2v) is 3.63. The molecule has 0 saturated heterocycles. The molecule has 1 aromatic heterocycles. The number of thioether (sulfide) groups is 1. The Morgan fingerprint density at radius 3 is 3.25 bits per heavy atom. The Morgan fingerprint density at radius 2 is 2.42 bits per heavy atom. The topological polar surface area (TPSA) is 57.8 Å². The van der Waals surface area contributed by atoms with Crippen LogP contribution in [0, 0.1) is 6.92 Å². The molecule has 1 aliphatic heterocycles. The first-order valence-corrected chi connectivity index (χ1v) is 4.84. The van der Waals surface area contributed by atoms with Crippen LogP contribution in [0.1, 0.15) is 11.5 Å². The summed E-state index contributed by atoms with van der Waals surface area (Å²) in [7, 11) is 0. The maximum Gasteiger partial charge on any atom is 0.274 e. The van der Waals surface area contributed by atoms with E-state index >= 15 is 0 Å². The third kappa shape index (κ3) is 1.20. The molecule has 0 unspecified atom stereocenters. The number of H-pyrrole nitrogens is 1.